The Morgan fingerprint density at radius 1 is 1.03 bits per heavy atom. The van der Waals surface area contributed by atoms with Gasteiger partial charge in [-0.25, -0.2) is 10.2 Å². The zero-order valence-corrected chi connectivity index (χ0v) is 19.6. The fraction of sp³-hybridized carbons (Fsp3) is 0.0870. The van der Waals surface area contributed by atoms with Crippen molar-refractivity contribution in [2.75, 3.05) is 13.7 Å². The monoisotopic (exact) mass is 517 g/mol. The number of benzene rings is 3. The van der Waals surface area contributed by atoms with Gasteiger partial charge in [-0.05, 0) is 48.0 Å². The number of amides is 1. The van der Waals surface area contributed by atoms with Crippen molar-refractivity contribution < 1.29 is 28.7 Å². The lowest BCUT2D eigenvalue weighted by atomic mass is 10.2. The van der Waals surface area contributed by atoms with Gasteiger partial charge in [0.2, 0.25) is 0 Å². The highest BCUT2D eigenvalue weighted by molar-refractivity contribution is 6.34. The lowest BCUT2D eigenvalue weighted by Gasteiger charge is -2.10. The number of hydrogen-bond acceptors (Lipinski definition) is 8. The fourth-order valence-electron chi connectivity index (χ4n) is 2.67. The topological polar surface area (TPSA) is 129 Å². The maximum atomic E-state index is 12.4. The molecule has 1 N–H and O–H groups in total. The fourth-order valence-corrected chi connectivity index (χ4v) is 3.00. The first kappa shape index (κ1) is 25.5. The van der Waals surface area contributed by atoms with Gasteiger partial charge in [0.05, 0.1) is 28.8 Å². The molecule has 0 radical (unpaired) electrons. The molecule has 0 saturated carbocycles. The first-order valence-corrected chi connectivity index (χ1v) is 10.6. The van der Waals surface area contributed by atoms with E-state index in [9.17, 15) is 19.7 Å². The Morgan fingerprint density at radius 2 is 1.77 bits per heavy atom. The number of ether oxygens (including phenoxy) is 3. The Labute approximate surface area is 209 Å². The summed E-state index contributed by atoms with van der Waals surface area (Å²) < 4.78 is 15.9. The molecule has 0 aliphatic carbocycles. The van der Waals surface area contributed by atoms with E-state index >= 15 is 0 Å². The van der Waals surface area contributed by atoms with Gasteiger partial charge < -0.3 is 14.2 Å². The molecule has 0 bridgehead atoms. The van der Waals surface area contributed by atoms with E-state index in [2.05, 4.69) is 10.5 Å². The third-order valence-corrected chi connectivity index (χ3v) is 4.91. The van der Waals surface area contributed by atoms with Crippen LogP contribution in [0.25, 0.3) is 0 Å². The summed E-state index contributed by atoms with van der Waals surface area (Å²) in [5.74, 6) is -0.621. The average molecular weight is 518 g/mol. The summed E-state index contributed by atoms with van der Waals surface area (Å²) in [6.45, 7) is -0.335. The summed E-state index contributed by atoms with van der Waals surface area (Å²) in [6.07, 6.45) is 1.36. The van der Waals surface area contributed by atoms with Gasteiger partial charge in [0.1, 0.15) is 5.75 Å². The number of nitro groups is 1. The first-order valence-electron chi connectivity index (χ1n) is 9.81. The van der Waals surface area contributed by atoms with Gasteiger partial charge in [-0.1, -0.05) is 23.2 Å². The van der Waals surface area contributed by atoms with E-state index in [-0.39, 0.29) is 35.1 Å². The summed E-state index contributed by atoms with van der Waals surface area (Å²) in [5.41, 5.74) is 2.84. The number of non-ortho nitro benzene ring substituents is 1. The molecule has 0 aromatic heterocycles. The molecule has 0 saturated heterocycles. The van der Waals surface area contributed by atoms with Crippen molar-refractivity contribution in [3.05, 3.63) is 92.0 Å². The van der Waals surface area contributed by atoms with Crippen LogP contribution in [-0.2, 0) is 4.79 Å². The molecule has 3 rings (SSSR count). The molecule has 35 heavy (non-hydrogen) atoms. The van der Waals surface area contributed by atoms with Gasteiger partial charge in [0.15, 0.2) is 18.1 Å². The molecule has 0 atom stereocenters. The third kappa shape index (κ3) is 7.16. The predicted molar refractivity (Wildman–Crippen MR) is 129 cm³/mol. The second-order valence-corrected chi connectivity index (χ2v) is 7.60. The average Bonchev–Trinajstić information content (AvgIpc) is 2.85. The summed E-state index contributed by atoms with van der Waals surface area (Å²) in [4.78, 5) is 34.5. The summed E-state index contributed by atoms with van der Waals surface area (Å²) in [7, 11) is 1.39. The molecule has 0 aliphatic heterocycles. The van der Waals surface area contributed by atoms with Crippen LogP contribution in [0.1, 0.15) is 15.9 Å². The number of halogens is 2. The Kier molecular flexibility index (Phi) is 8.60. The normalized spacial score (nSPS) is 10.6. The minimum atomic E-state index is -0.716. The van der Waals surface area contributed by atoms with Crippen LogP contribution in [0.3, 0.4) is 0 Å². The van der Waals surface area contributed by atoms with E-state index < -0.39 is 16.8 Å². The summed E-state index contributed by atoms with van der Waals surface area (Å²) >= 11 is 11.8. The lowest BCUT2D eigenvalue weighted by Crippen LogP contribution is -2.24. The number of nitrogens with one attached hydrogen (secondary N) is 1. The van der Waals surface area contributed by atoms with Crippen LogP contribution < -0.4 is 19.6 Å². The maximum Gasteiger partial charge on any atom is 0.343 e. The maximum absolute atomic E-state index is 12.4. The zero-order chi connectivity index (χ0) is 25.4. The molecule has 0 fully saturated rings. The molecule has 180 valence electrons. The van der Waals surface area contributed by atoms with Crippen molar-refractivity contribution in [1.82, 2.24) is 5.43 Å². The standard InChI is InChI=1S/C23H17Cl2N3O7/c1-33-21-10-14(12-26-27-22(29)13-34-20-11-16(24)5-8-18(20)25)2-9-19(21)35-23(30)15-3-6-17(7-4-15)28(31)32/h2-12H,13H2,1H3,(H,27,29). The number of carbonyl (C=O) groups is 2. The highest BCUT2D eigenvalue weighted by atomic mass is 35.5. The highest BCUT2D eigenvalue weighted by Gasteiger charge is 2.14. The lowest BCUT2D eigenvalue weighted by molar-refractivity contribution is -0.384. The number of esters is 1. The van der Waals surface area contributed by atoms with E-state index in [1.54, 1.807) is 18.2 Å². The number of nitro benzene ring substituents is 1. The molecule has 1 amide bonds. The van der Waals surface area contributed by atoms with Gasteiger partial charge in [-0.3, -0.25) is 14.9 Å². The molecule has 10 nitrogen and oxygen atoms in total. The minimum Gasteiger partial charge on any atom is -0.493 e. The SMILES string of the molecule is COc1cc(C=NNC(=O)COc2cc(Cl)ccc2Cl)ccc1OC(=O)c1ccc([N+](=O)[O-])cc1. The molecular formula is C23H17Cl2N3O7. The van der Waals surface area contributed by atoms with Gasteiger partial charge in [0, 0.05) is 23.2 Å². The number of hydrogen-bond donors (Lipinski definition) is 1. The van der Waals surface area contributed by atoms with E-state index in [1.165, 1.54) is 55.8 Å². The molecule has 3 aromatic rings. The largest absolute Gasteiger partial charge is 0.493 e. The molecule has 0 unspecified atom stereocenters. The van der Waals surface area contributed by atoms with Gasteiger partial charge in [0.25, 0.3) is 11.6 Å². The van der Waals surface area contributed by atoms with E-state index in [1.807, 2.05) is 0 Å². The number of nitrogens with zero attached hydrogens (tertiary/aromatic N) is 2. The molecule has 0 spiro atoms. The Bertz CT molecular complexity index is 1280. The van der Waals surface area contributed by atoms with Crippen LogP contribution in [0.5, 0.6) is 17.2 Å². The number of rotatable bonds is 9. The van der Waals surface area contributed by atoms with Crippen molar-refractivity contribution >= 4 is 47.0 Å². The molecule has 0 aliphatic rings. The second kappa shape index (κ2) is 11.8. The third-order valence-electron chi connectivity index (χ3n) is 4.36. The van der Waals surface area contributed by atoms with Gasteiger partial charge >= 0.3 is 5.97 Å². The quantitative estimate of drug-likeness (QED) is 0.143. The highest BCUT2D eigenvalue weighted by Crippen LogP contribution is 2.29. The van der Waals surface area contributed by atoms with Crippen molar-refractivity contribution in [1.29, 1.82) is 0 Å². The van der Waals surface area contributed by atoms with E-state index in [0.29, 0.717) is 15.6 Å². The smallest absolute Gasteiger partial charge is 0.343 e. The Hall–Kier alpha value is -4.15. The van der Waals surface area contributed by atoms with E-state index in [4.69, 9.17) is 37.4 Å². The van der Waals surface area contributed by atoms with Crippen molar-refractivity contribution in [2.24, 2.45) is 5.10 Å². The Balaban J connectivity index is 1.58. The Morgan fingerprint density at radius 3 is 2.46 bits per heavy atom. The van der Waals surface area contributed by atoms with Crippen LogP contribution in [0.2, 0.25) is 10.0 Å². The van der Waals surface area contributed by atoms with Crippen LogP contribution in [0.15, 0.2) is 65.8 Å². The molecular weight excluding hydrogens is 501 g/mol. The molecule has 0 heterocycles. The minimum absolute atomic E-state index is 0.129. The molecule has 12 heteroatoms. The number of methoxy groups -OCH3 is 1. The van der Waals surface area contributed by atoms with Gasteiger partial charge in [-0.15, -0.1) is 0 Å². The van der Waals surface area contributed by atoms with Crippen LogP contribution >= 0.6 is 23.2 Å². The second-order valence-electron chi connectivity index (χ2n) is 6.76. The zero-order valence-electron chi connectivity index (χ0n) is 18.1. The predicted octanol–water partition coefficient (Wildman–Crippen LogP) is 4.66. The first-order chi connectivity index (χ1) is 16.8. The van der Waals surface area contributed by atoms with Crippen LogP contribution in [0.4, 0.5) is 5.69 Å². The molecule has 3 aromatic carbocycles. The van der Waals surface area contributed by atoms with Gasteiger partial charge in [-0.2, -0.15) is 5.10 Å². The van der Waals surface area contributed by atoms with Crippen LogP contribution in [0, 0.1) is 10.1 Å². The number of carbonyl (C=O) groups excluding carboxylic acids is 2. The van der Waals surface area contributed by atoms with Crippen LogP contribution in [-0.4, -0.2) is 36.7 Å². The van der Waals surface area contributed by atoms with Crippen molar-refractivity contribution in [3.63, 3.8) is 0 Å². The summed E-state index contributed by atoms with van der Waals surface area (Å²) in [5, 5.41) is 15.3. The summed E-state index contributed by atoms with van der Waals surface area (Å²) in [6, 6.07) is 14.2. The van der Waals surface area contributed by atoms with E-state index in [0.717, 1.165) is 0 Å². The number of hydrazone groups is 1. The van der Waals surface area contributed by atoms with Crippen molar-refractivity contribution in [2.45, 2.75) is 0 Å². The van der Waals surface area contributed by atoms with Crippen molar-refractivity contribution in [3.8, 4) is 17.2 Å².